The lowest BCUT2D eigenvalue weighted by Crippen LogP contribution is -1.84. The lowest BCUT2D eigenvalue weighted by atomic mass is 9.99. The van der Waals surface area contributed by atoms with E-state index in [0.29, 0.717) is 0 Å². The standard InChI is InChI=1S/C15H20/c1-2-4-7-11-14(10-6-3-1)15-12-8-5-9-13-15/h5,8-10,12-13H,1-4,6-7,11H2/b14-10+. The van der Waals surface area contributed by atoms with Crippen LogP contribution >= 0.6 is 0 Å². The van der Waals surface area contributed by atoms with E-state index in [1.807, 2.05) is 0 Å². The van der Waals surface area contributed by atoms with Gasteiger partial charge in [-0.3, -0.25) is 0 Å². The molecule has 0 saturated carbocycles. The summed E-state index contributed by atoms with van der Waals surface area (Å²) in [6.45, 7) is 0. The first-order chi connectivity index (χ1) is 7.47. The Bertz CT molecular complexity index is 308. The van der Waals surface area contributed by atoms with Crippen molar-refractivity contribution in [1.29, 1.82) is 0 Å². The van der Waals surface area contributed by atoms with Gasteiger partial charge in [0.05, 0.1) is 0 Å². The number of hydrogen-bond donors (Lipinski definition) is 0. The average molecular weight is 200 g/mol. The monoisotopic (exact) mass is 200 g/mol. The number of hydrogen-bond acceptors (Lipinski definition) is 0. The van der Waals surface area contributed by atoms with Gasteiger partial charge in [-0.2, -0.15) is 0 Å². The highest BCUT2D eigenvalue weighted by atomic mass is 14.1. The van der Waals surface area contributed by atoms with Crippen molar-refractivity contribution in [2.75, 3.05) is 0 Å². The molecule has 0 radical (unpaired) electrons. The maximum absolute atomic E-state index is 2.46. The minimum atomic E-state index is 1.27. The van der Waals surface area contributed by atoms with Crippen molar-refractivity contribution in [3.63, 3.8) is 0 Å². The van der Waals surface area contributed by atoms with Crippen LogP contribution in [0.5, 0.6) is 0 Å². The van der Waals surface area contributed by atoms with Crippen LogP contribution in [0.1, 0.15) is 50.5 Å². The van der Waals surface area contributed by atoms with Gasteiger partial charge in [0.2, 0.25) is 0 Å². The van der Waals surface area contributed by atoms with Crippen molar-refractivity contribution in [1.82, 2.24) is 0 Å². The Hall–Kier alpha value is -1.04. The average Bonchev–Trinajstić information content (AvgIpc) is 2.43. The highest BCUT2D eigenvalue weighted by Crippen LogP contribution is 2.24. The molecule has 0 atom stereocenters. The minimum absolute atomic E-state index is 1.27. The van der Waals surface area contributed by atoms with Crippen LogP contribution in [-0.4, -0.2) is 0 Å². The van der Waals surface area contributed by atoms with Crippen molar-refractivity contribution in [2.24, 2.45) is 0 Å². The van der Waals surface area contributed by atoms with Crippen molar-refractivity contribution in [3.8, 4) is 0 Å². The zero-order valence-corrected chi connectivity index (χ0v) is 9.41. The molecule has 0 aliphatic heterocycles. The molecule has 0 N–H and O–H groups in total. The summed E-state index contributed by atoms with van der Waals surface area (Å²) >= 11 is 0. The van der Waals surface area contributed by atoms with E-state index in [4.69, 9.17) is 0 Å². The van der Waals surface area contributed by atoms with Crippen LogP contribution in [0.4, 0.5) is 0 Å². The lowest BCUT2D eigenvalue weighted by Gasteiger charge is -2.06. The van der Waals surface area contributed by atoms with Crippen molar-refractivity contribution >= 4 is 5.57 Å². The minimum Gasteiger partial charge on any atom is -0.0807 e. The molecular formula is C15H20. The van der Waals surface area contributed by atoms with E-state index in [0.717, 1.165) is 0 Å². The SMILES string of the molecule is C1=C(/c2ccccc2)CCCCCCC/1. The van der Waals surface area contributed by atoms with Gasteiger partial charge in [0.25, 0.3) is 0 Å². The molecule has 0 saturated heterocycles. The molecule has 15 heavy (non-hydrogen) atoms. The van der Waals surface area contributed by atoms with Crippen molar-refractivity contribution < 1.29 is 0 Å². The Labute approximate surface area is 93.0 Å². The molecule has 0 aromatic heterocycles. The van der Waals surface area contributed by atoms with Crippen LogP contribution in [0, 0.1) is 0 Å². The maximum atomic E-state index is 2.46. The molecule has 1 aliphatic carbocycles. The molecule has 80 valence electrons. The van der Waals surface area contributed by atoms with Gasteiger partial charge < -0.3 is 0 Å². The fourth-order valence-corrected chi connectivity index (χ4v) is 2.28. The number of benzene rings is 1. The van der Waals surface area contributed by atoms with E-state index in [1.165, 1.54) is 50.5 Å². The van der Waals surface area contributed by atoms with Gasteiger partial charge in [-0.05, 0) is 36.8 Å². The van der Waals surface area contributed by atoms with Crippen LogP contribution in [0.15, 0.2) is 36.4 Å². The summed E-state index contributed by atoms with van der Waals surface area (Å²) in [5, 5.41) is 0. The zero-order chi connectivity index (χ0) is 10.3. The second-order valence-electron chi connectivity index (χ2n) is 4.40. The topological polar surface area (TPSA) is 0 Å². The number of rotatable bonds is 1. The van der Waals surface area contributed by atoms with Crippen molar-refractivity contribution in [3.05, 3.63) is 42.0 Å². The summed E-state index contributed by atoms with van der Waals surface area (Å²) in [6.07, 6.45) is 12.0. The Balaban J connectivity index is 2.11. The Morgan fingerprint density at radius 2 is 1.47 bits per heavy atom. The Morgan fingerprint density at radius 3 is 2.33 bits per heavy atom. The molecule has 0 spiro atoms. The maximum Gasteiger partial charge on any atom is -0.0228 e. The molecule has 0 bridgehead atoms. The quantitative estimate of drug-likeness (QED) is 0.610. The normalized spacial score (nSPS) is 22.0. The van der Waals surface area contributed by atoms with Crippen LogP contribution in [-0.2, 0) is 0 Å². The van der Waals surface area contributed by atoms with Gasteiger partial charge in [-0.15, -0.1) is 0 Å². The van der Waals surface area contributed by atoms with Crippen molar-refractivity contribution in [2.45, 2.75) is 44.9 Å². The predicted octanol–water partition coefficient (Wildman–Crippen LogP) is 4.81. The van der Waals surface area contributed by atoms with E-state index in [1.54, 1.807) is 5.57 Å². The van der Waals surface area contributed by atoms with Gasteiger partial charge >= 0.3 is 0 Å². The molecule has 0 nitrogen and oxygen atoms in total. The highest BCUT2D eigenvalue weighted by Gasteiger charge is 2.03. The van der Waals surface area contributed by atoms with E-state index < -0.39 is 0 Å². The molecule has 2 rings (SSSR count). The number of allylic oxidation sites excluding steroid dienone is 2. The molecule has 1 aliphatic rings. The molecule has 0 heteroatoms. The lowest BCUT2D eigenvalue weighted by molar-refractivity contribution is 0.633. The summed E-state index contributed by atoms with van der Waals surface area (Å²) in [7, 11) is 0. The zero-order valence-electron chi connectivity index (χ0n) is 9.41. The van der Waals surface area contributed by atoms with E-state index in [2.05, 4.69) is 36.4 Å². The first-order valence-corrected chi connectivity index (χ1v) is 6.21. The first kappa shape index (κ1) is 10.5. The predicted molar refractivity (Wildman–Crippen MR) is 66.7 cm³/mol. The van der Waals surface area contributed by atoms with Crippen LogP contribution in [0.3, 0.4) is 0 Å². The summed E-state index contributed by atoms with van der Waals surface area (Å²) in [4.78, 5) is 0. The molecule has 1 aromatic rings. The molecule has 1 aromatic carbocycles. The second-order valence-corrected chi connectivity index (χ2v) is 4.40. The fraction of sp³-hybridized carbons (Fsp3) is 0.467. The molecular weight excluding hydrogens is 180 g/mol. The molecule has 0 heterocycles. The van der Waals surface area contributed by atoms with E-state index >= 15 is 0 Å². The van der Waals surface area contributed by atoms with E-state index in [-0.39, 0.29) is 0 Å². The first-order valence-electron chi connectivity index (χ1n) is 6.21. The van der Waals surface area contributed by atoms with Crippen LogP contribution in [0.2, 0.25) is 0 Å². The summed E-state index contributed by atoms with van der Waals surface area (Å²) in [5.74, 6) is 0. The Morgan fingerprint density at radius 1 is 0.733 bits per heavy atom. The fourth-order valence-electron chi connectivity index (χ4n) is 2.28. The van der Waals surface area contributed by atoms with Gasteiger partial charge in [0.1, 0.15) is 0 Å². The smallest absolute Gasteiger partial charge is 0.0228 e. The van der Waals surface area contributed by atoms with Gasteiger partial charge in [0.15, 0.2) is 0 Å². The summed E-state index contributed by atoms with van der Waals surface area (Å²) in [6, 6.07) is 10.9. The van der Waals surface area contributed by atoms with Gasteiger partial charge in [-0.25, -0.2) is 0 Å². The van der Waals surface area contributed by atoms with Gasteiger partial charge in [-0.1, -0.05) is 55.7 Å². The third-order valence-corrected chi connectivity index (χ3v) is 3.19. The largest absolute Gasteiger partial charge is 0.0807 e. The van der Waals surface area contributed by atoms with Crippen LogP contribution < -0.4 is 0 Å². The molecule has 0 unspecified atom stereocenters. The van der Waals surface area contributed by atoms with E-state index in [9.17, 15) is 0 Å². The van der Waals surface area contributed by atoms with Gasteiger partial charge in [0, 0.05) is 0 Å². The molecule has 0 amide bonds. The highest BCUT2D eigenvalue weighted by molar-refractivity contribution is 5.65. The third kappa shape index (κ3) is 3.23. The Kier molecular flexibility index (Phi) is 4.01. The second kappa shape index (κ2) is 5.75. The van der Waals surface area contributed by atoms with Crippen LogP contribution in [0.25, 0.3) is 5.57 Å². The third-order valence-electron chi connectivity index (χ3n) is 3.19. The summed E-state index contributed by atoms with van der Waals surface area (Å²) < 4.78 is 0. The molecule has 0 fully saturated rings. The summed E-state index contributed by atoms with van der Waals surface area (Å²) in [5.41, 5.74) is 3.00.